The van der Waals surface area contributed by atoms with Crippen LogP contribution in [0.15, 0.2) is 156 Å². The lowest BCUT2D eigenvalue weighted by Crippen LogP contribution is -2.40. The summed E-state index contributed by atoms with van der Waals surface area (Å²) in [5.74, 6) is -1.06. The third-order valence-electron chi connectivity index (χ3n) is 17.3. The van der Waals surface area contributed by atoms with Gasteiger partial charge in [-0.1, -0.05) is 65.8 Å². The Hall–Kier alpha value is -11.6. The van der Waals surface area contributed by atoms with Crippen molar-refractivity contribution in [3.63, 3.8) is 0 Å². The van der Waals surface area contributed by atoms with Crippen LogP contribution in [-0.2, 0) is 43.0 Å². The Morgan fingerprint density at radius 1 is 0.556 bits per heavy atom. The Kier molecular flexibility index (Phi) is 18.1. The lowest BCUT2D eigenvalue weighted by atomic mass is 9.86. The molecule has 10 heterocycles. The van der Waals surface area contributed by atoms with Gasteiger partial charge < -0.3 is 39.8 Å². The summed E-state index contributed by atoms with van der Waals surface area (Å²) in [4.78, 5) is 86.6. The van der Waals surface area contributed by atoms with Gasteiger partial charge in [0, 0.05) is 90.9 Å². The number of pyridine rings is 4. The fourth-order valence-corrected chi connectivity index (χ4v) is 11.9. The molecule has 0 spiro atoms. The quantitative estimate of drug-likeness (QED) is 0.0905. The number of ether oxygens (including phenoxy) is 3. The van der Waals surface area contributed by atoms with E-state index in [1.807, 2.05) is 65.8 Å². The Balaban J connectivity index is 0.000000178. The minimum absolute atomic E-state index is 0.0759. The number of aliphatic hydroxyl groups excluding tert-OH is 1. The number of anilines is 4. The maximum atomic E-state index is 15.6. The van der Waals surface area contributed by atoms with Crippen molar-refractivity contribution < 1.29 is 42.5 Å². The molecule has 14 rings (SSSR count). The third kappa shape index (κ3) is 13.5. The summed E-state index contributed by atoms with van der Waals surface area (Å²) in [5.41, 5.74) is 6.62. The van der Waals surface area contributed by atoms with E-state index in [1.54, 1.807) is 91.9 Å². The number of aliphatic hydroxyl groups is 1. The molecule has 27 heteroatoms. The molecule has 0 aliphatic carbocycles. The lowest BCUT2D eigenvalue weighted by Gasteiger charge is -2.26. The molecule has 2 saturated heterocycles. The number of nitrogens with one attached hydrogen (secondary N) is 2. The number of benzene rings is 4. The first-order chi connectivity index (χ1) is 47.6. The highest BCUT2D eigenvalue weighted by atomic mass is 19.1. The molecule has 2 amide bonds. The van der Waals surface area contributed by atoms with Gasteiger partial charge in [-0.15, -0.1) is 0 Å². The molecule has 2 aliphatic heterocycles. The standard InChI is InChI=1S/C37H35FN8O5.C35H33FN8O4/c1-22(47)51-20-28-27(6-5-7-31(28)46-36(49)33-24(18-41-46)14-26(16-29(33)38)37(2,3)4)25-15-30(34-40-21-42-45(34)19-25)43-32-9-8-23(17-39-32)35(48)44-10-12-50-13-11-44;1-35(2,3)24-13-22-17-39-44(34(47)31(22)27(36)15-24)29-6-4-5-25(26(29)19-45)23-14-28(32-38-20-40-43(32)18-23)41-30-8-7-21(16-37-30)33(46)42-9-11-48-12-10-42/h5-9,14-19,21H,10-13,20H2,1-4H3,(H,39,43);4-8,13-18,20,45H,9-12,19H2,1-3H3,(H,37,41). The average molecular weight is 1340 g/mol. The highest BCUT2D eigenvalue weighted by Crippen LogP contribution is 2.36. The Labute approximate surface area is 564 Å². The lowest BCUT2D eigenvalue weighted by molar-refractivity contribution is -0.142. The number of halogens is 2. The van der Waals surface area contributed by atoms with Crippen molar-refractivity contribution >= 4 is 73.6 Å². The van der Waals surface area contributed by atoms with Gasteiger partial charge in [-0.25, -0.2) is 37.7 Å². The topological polar surface area (TPSA) is 286 Å². The first kappa shape index (κ1) is 66.1. The second kappa shape index (κ2) is 27.2. The summed E-state index contributed by atoms with van der Waals surface area (Å²) in [6.07, 6.45) is 12.3. The molecule has 0 radical (unpaired) electrons. The molecule has 0 atom stereocenters. The minimum atomic E-state index is -0.651. The molecular formula is C72H68F2N16O9. The van der Waals surface area contributed by atoms with E-state index >= 15 is 8.78 Å². The van der Waals surface area contributed by atoms with E-state index in [-0.39, 0.29) is 40.0 Å². The highest BCUT2D eigenvalue weighted by molar-refractivity contribution is 5.95. The predicted octanol–water partition coefficient (Wildman–Crippen LogP) is 9.84. The van der Waals surface area contributed by atoms with E-state index in [2.05, 4.69) is 51.0 Å². The fraction of sp³-hybridized carbons (Fsp3) is 0.264. The SMILES string of the molecule is CC(=O)OCc1c(-c2cc(Nc3ccc(C(=O)N4CCOCC4)cn3)c3ncnn3c2)cccc1-n1ncc2cc(C(C)(C)C)cc(F)c2c1=O.CC(C)(C)c1cc(F)c2c(=O)n(-c3cccc(-c4cc(Nc5ccc(C(=O)N6CCOCC6)cn5)c5ncnn5c4)c3CO)ncc2c1. The van der Waals surface area contributed by atoms with Gasteiger partial charge in [0.25, 0.3) is 22.9 Å². The number of hydrogen-bond donors (Lipinski definition) is 3. The van der Waals surface area contributed by atoms with E-state index < -0.39 is 35.3 Å². The molecule has 504 valence electrons. The molecule has 3 N–H and O–H groups in total. The Bertz CT molecular complexity index is 5240. The Morgan fingerprint density at radius 3 is 1.39 bits per heavy atom. The molecular weight excluding hydrogens is 1270 g/mol. The smallest absolute Gasteiger partial charge is 0.302 e. The van der Waals surface area contributed by atoms with Crippen LogP contribution in [0.5, 0.6) is 0 Å². The van der Waals surface area contributed by atoms with Gasteiger partial charge in [0.1, 0.15) is 42.5 Å². The van der Waals surface area contributed by atoms with Crippen molar-refractivity contribution in [2.75, 3.05) is 63.2 Å². The summed E-state index contributed by atoms with van der Waals surface area (Å²) in [6, 6.07) is 27.3. The molecule has 99 heavy (non-hydrogen) atoms. The molecule has 25 nitrogen and oxygen atoms in total. The number of amides is 2. The number of nitrogens with zero attached hydrogens (tertiary/aromatic N) is 14. The van der Waals surface area contributed by atoms with Gasteiger partial charge in [-0.05, 0) is 106 Å². The van der Waals surface area contributed by atoms with Crippen molar-refractivity contribution in [2.24, 2.45) is 0 Å². The third-order valence-corrected chi connectivity index (χ3v) is 17.3. The monoisotopic (exact) mass is 1340 g/mol. The summed E-state index contributed by atoms with van der Waals surface area (Å²) in [6.45, 7) is 16.6. The van der Waals surface area contributed by atoms with Crippen LogP contribution in [0.2, 0.25) is 0 Å². The predicted molar refractivity (Wildman–Crippen MR) is 366 cm³/mol. The van der Waals surface area contributed by atoms with Gasteiger partial charge in [-0.3, -0.25) is 24.0 Å². The first-order valence-electron chi connectivity index (χ1n) is 31.9. The molecule has 0 saturated carbocycles. The van der Waals surface area contributed by atoms with E-state index in [9.17, 15) is 29.1 Å². The van der Waals surface area contributed by atoms with Crippen molar-refractivity contribution in [3.05, 3.63) is 213 Å². The first-order valence-corrected chi connectivity index (χ1v) is 31.9. The molecule has 8 aromatic heterocycles. The van der Waals surface area contributed by atoms with Crippen LogP contribution in [-0.4, -0.2) is 144 Å². The van der Waals surface area contributed by atoms with E-state index in [1.165, 1.54) is 56.5 Å². The van der Waals surface area contributed by atoms with Crippen molar-refractivity contribution in [3.8, 4) is 33.6 Å². The van der Waals surface area contributed by atoms with Crippen LogP contribution in [0.3, 0.4) is 0 Å². The summed E-state index contributed by atoms with van der Waals surface area (Å²) in [7, 11) is 0. The van der Waals surface area contributed by atoms with Crippen LogP contribution >= 0.6 is 0 Å². The zero-order chi connectivity index (χ0) is 69.4. The van der Waals surface area contributed by atoms with Gasteiger partial charge in [0.2, 0.25) is 0 Å². The van der Waals surface area contributed by atoms with Crippen molar-refractivity contribution in [2.45, 2.75) is 72.5 Å². The number of fused-ring (bicyclic) bond motifs is 4. The maximum absolute atomic E-state index is 15.6. The van der Waals surface area contributed by atoms with Gasteiger partial charge in [-0.2, -0.15) is 29.8 Å². The largest absolute Gasteiger partial charge is 0.461 e. The minimum Gasteiger partial charge on any atom is -0.461 e. The number of hydrogen-bond acceptors (Lipinski definition) is 19. The van der Waals surface area contributed by atoms with Crippen LogP contribution in [0.25, 0.3) is 66.5 Å². The zero-order valence-corrected chi connectivity index (χ0v) is 55.2. The van der Waals surface area contributed by atoms with Crippen LogP contribution in [0.4, 0.5) is 31.8 Å². The van der Waals surface area contributed by atoms with Gasteiger partial charge in [0.05, 0.1) is 90.1 Å². The van der Waals surface area contributed by atoms with E-state index in [0.29, 0.717) is 154 Å². The normalized spacial score (nSPS) is 13.6. The number of carbonyl (C=O) groups excluding carboxylic acids is 3. The molecule has 0 unspecified atom stereocenters. The van der Waals surface area contributed by atoms with Gasteiger partial charge in [0.15, 0.2) is 11.3 Å². The molecule has 0 bridgehead atoms. The molecule has 12 aromatic rings. The second-order valence-corrected chi connectivity index (χ2v) is 25.9. The van der Waals surface area contributed by atoms with Crippen LogP contribution in [0, 0.1) is 11.6 Å². The van der Waals surface area contributed by atoms with E-state index in [4.69, 9.17) is 14.2 Å². The summed E-state index contributed by atoms with van der Waals surface area (Å²) in [5, 5.41) is 35.3. The molecule has 2 fully saturated rings. The second-order valence-electron chi connectivity index (χ2n) is 25.9. The summed E-state index contributed by atoms with van der Waals surface area (Å²) < 4.78 is 52.6. The molecule has 2 aliphatic rings. The van der Waals surface area contributed by atoms with Crippen LogP contribution < -0.4 is 21.8 Å². The number of esters is 1. The maximum Gasteiger partial charge on any atom is 0.302 e. The number of aromatic nitrogens is 12. The Morgan fingerprint density at radius 2 is 0.990 bits per heavy atom. The number of rotatable bonds is 13. The van der Waals surface area contributed by atoms with E-state index in [0.717, 1.165) is 20.5 Å². The van der Waals surface area contributed by atoms with Crippen molar-refractivity contribution in [1.82, 2.24) is 68.5 Å². The fourth-order valence-electron chi connectivity index (χ4n) is 11.9. The highest BCUT2D eigenvalue weighted by Gasteiger charge is 2.26. The summed E-state index contributed by atoms with van der Waals surface area (Å²) >= 11 is 0. The number of morpholine rings is 2. The molecule has 4 aromatic carbocycles. The zero-order valence-electron chi connectivity index (χ0n) is 55.2. The van der Waals surface area contributed by atoms with Crippen LogP contribution in [0.1, 0.15) is 91.4 Å². The van der Waals surface area contributed by atoms with Gasteiger partial charge >= 0.3 is 5.97 Å². The average Bonchev–Trinajstić information content (AvgIpc) is 0.974. The number of carbonyl (C=O) groups is 3. The van der Waals surface area contributed by atoms with Crippen molar-refractivity contribution in [1.29, 1.82) is 0 Å².